The second-order valence-corrected chi connectivity index (χ2v) is 12.6. The zero-order valence-corrected chi connectivity index (χ0v) is 23.1. The van der Waals surface area contributed by atoms with Crippen molar-refractivity contribution in [3.63, 3.8) is 0 Å². The van der Waals surface area contributed by atoms with Gasteiger partial charge in [0.2, 0.25) is 0 Å². The third kappa shape index (κ3) is 3.85. The van der Waals surface area contributed by atoms with Crippen LogP contribution in [0.2, 0.25) is 0 Å². The van der Waals surface area contributed by atoms with E-state index in [0.29, 0.717) is 30.5 Å². The van der Waals surface area contributed by atoms with Crippen LogP contribution in [-0.2, 0) is 12.8 Å². The predicted octanol–water partition coefficient (Wildman–Crippen LogP) is 5.66. The molecule has 5 heteroatoms. The summed E-state index contributed by atoms with van der Waals surface area (Å²) in [5, 5.41) is 12.5. The lowest BCUT2D eigenvalue weighted by molar-refractivity contribution is 0.0772. The van der Waals surface area contributed by atoms with Gasteiger partial charge in [0.25, 0.3) is 0 Å². The van der Waals surface area contributed by atoms with Crippen molar-refractivity contribution in [1.82, 2.24) is 19.8 Å². The normalized spacial score (nSPS) is 30.5. The molecule has 200 valence electrons. The monoisotopic (exact) mass is 510 g/mol. The molecule has 8 rings (SSSR count). The summed E-state index contributed by atoms with van der Waals surface area (Å²) in [7, 11) is 4.52. The van der Waals surface area contributed by atoms with Crippen LogP contribution in [0.15, 0.2) is 48.8 Å². The SMILES string of the molecule is CC[C@@H]1CC2c3cccc4[nH]cc(c34)C[C@H]2N(C)C1.CN1C[C@H](CO)CC2c3cccc4[nH]cc(c34)C[C@H]21. The van der Waals surface area contributed by atoms with E-state index in [4.69, 9.17) is 0 Å². The summed E-state index contributed by atoms with van der Waals surface area (Å²) in [6, 6.07) is 14.7. The zero-order chi connectivity index (χ0) is 26.0. The summed E-state index contributed by atoms with van der Waals surface area (Å²) in [6.07, 6.45) is 10.6. The van der Waals surface area contributed by atoms with Gasteiger partial charge in [0, 0.05) is 77.8 Å². The van der Waals surface area contributed by atoms with Crippen molar-refractivity contribution in [3.8, 4) is 0 Å². The molecule has 2 unspecified atom stereocenters. The Morgan fingerprint density at radius 1 is 0.763 bits per heavy atom. The first-order valence-electron chi connectivity index (χ1n) is 14.7. The van der Waals surface area contributed by atoms with Gasteiger partial charge in [-0.3, -0.25) is 0 Å². The summed E-state index contributed by atoms with van der Waals surface area (Å²) >= 11 is 0. The number of hydrogen-bond acceptors (Lipinski definition) is 3. The van der Waals surface area contributed by atoms with Crippen molar-refractivity contribution in [2.45, 2.75) is 62.9 Å². The van der Waals surface area contributed by atoms with Crippen LogP contribution >= 0.6 is 0 Å². The second-order valence-electron chi connectivity index (χ2n) is 12.6. The Labute approximate surface area is 226 Å². The maximum Gasteiger partial charge on any atom is 0.0471 e. The van der Waals surface area contributed by atoms with E-state index >= 15 is 0 Å². The standard InChI is InChI=1S/C17H22N2.C16H20N2O/c1-3-11-7-14-13-5-4-6-15-17(13)12(9-18-15)8-16(14)19(2)10-11;1-18-8-10(9-19)5-13-12-3-2-4-14-16(12)11(7-17-14)6-15(13)18/h4-6,9,11,14,16,18H,3,7-8,10H2,1-2H3;2-4,7,10,13,15,17,19H,5-6,8-9H2,1H3/t11-,14?,16-;10-,13?,15-/m11/s1. The van der Waals surface area contributed by atoms with Gasteiger partial charge in [0.1, 0.15) is 0 Å². The summed E-state index contributed by atoms with van der Waals surface area (Å²) in [5.41, 5.74) is 8.65. The number of aromatic amines is 2. The highest BCUT2D eigenvalue weighted by Crippen LogP contribution is 2.45. The molecular formula is C33H42N4O. The van der Waals surface area contributed by atoms with Crippen molar-refractivity contribution in [3.05, 3.63) is 71.0 Å². The number of piperidine rings is 2. The Morgan fingerprint density at radius 2 is 1.26 bits per heavy atom. The molecule has 2 saturated heterocycles. The van der Waals surface area contributed by atoms with E-state index in [1.165, 1.54) is 64.3 Å². The van der Waals surface area contributed by atoms with Gasteiger partial charge in [-0.2, -0.15) is 0 Å². The molecule has 2 aromatic heterocycles. The van der Waals surface area contributed by atoms with Gasteiger partial charge < -0.3 is 24.9 Å². The van der Waals surface area contributed by atoms with Gasteiger partial charge in [-0.05, 0) is 86.0 Å². The van der Waals surface area contributed by atoms with Gasteiger partial charge in [-0.25, -0.2) is 0 Å². The number of aromatic nitrogens is 2. The van der Waals surface area contributed by atoms with Crippen LogP contribution in [-0.4, -0.2) is 70.7 Å². The lowest BCUT2D eigenvalue weighted by Gasteiger charge is -2.45. The maximum atomic E-state index is 9.52. The molecule has 3 N–H and O–H groups in total. The summed E-state index contributed by atoms with van der Waals surface area (Å²) in [5.74, 6) is 2.59. The van der Waals surface area contributed by atoms with Gasteiger partial charge in [-0.1, -0.05) is 37.6 Å². The summed E-state index contributed by atoms with van der Waals surface area (Å²) in [4.78, 5) is 11.9. The topological polar surface area (TPSA) is 58.3 Å². The highest BCUT2D eigenvalue weighted by atomic mass is 16.3. The molecule has 5 nitrogen and oxygen atoms in total. The van der Waals surface area contributed by atoms with Crippen molar-refractivity contribution in [2.24, 2.45) is 11.8 Å². The largest absolute Gasteiger partial charge is 0.396 e. The van der Waals surface area contributed by atoms with Crippen LogP contribution in [0, 0.1) is 11.8 Å². The highest BCUT2D eigenvalue weighted by molar-refractivity contribution is 5.89. The minimum absolute atomic E-state index is 0.309. The van der Waals surface area contributed by atoms with Crippen LogP contribution in [0.1, 0.15) is 60.3 Å². The van der Waals surface area contributed by atoms with Gasteiger partial charge in [0.05, 0.1) is 0 Å². The molecule has 2 fully saturated rings. The Morgan fingerprint density at radius 3 is 1.76 bits per heavy atom. The molecule has 0 saturated carbocycles. The first kappa shape index (κ1) is 24.4. The Bertz CT molecular complexity index is 1340. The fourth-order valence-corrected chi connectivity index (χ4v) is 8.54. The van der Waals surface area contributed by atoms with E-state index in [1.807, 2.05) is 0 Å². The molecular weight excluding hydrogens is 468 g/mol. The van der Waals surface area contributed by atoms with Crippen molar-refractivity contribution >= 4 is 21.8 Å². The summed E-state index contributed by atoms with van der Waals surface area (Å²) in [6.45, 7) is 4.94. The van der Waals surface area contributed by atoms with Crippen molar-refractivity contribution < 1.29 is 5.11 Å². The molecule has 2 aromatic carbocycles. The predicted molar refractivity (Wildman–Crippen MR) is 156 cm³/mol. The van der Waals surface area contributed by atoms with E-state index in [1.54, 1.807) is 5.56 Å². The molecule has 4 aromatic rings. The van der Waals surface area contributed by atoms with E-state index in [9.17, 15) is 5.11 Å². The van der Waals surface area contributed by atoms with E-state index in [2.05, 4.69) is 89.6 Å². The molecule has 4 heterocycles. The van der Waals surface area contributed by atoms with Crippen LogP contribution in [0.4, 0.5) is 0 Å². The number of likely N-dealkylation sites (N-methyl/N-ethyl adjacent to an activating group) is 2. The van der Waals surface area contributed by atoms with E-state index in [-0.39, 0.29) is 0 Å². The van der Waals surface area contributed by atoms with Crippen LogP contribution in [0.25, 0.3) is 21.8 Å². The minimum atomic E-state index is 0.309. The molecule has 2 aliphatic carbocycles. The molecule has 0 radical (unpaired) electrons. The molecule has 2 aliphatic heterocycles. The number of benzene rings is 2. The van der Waals surface area contributed by atoms with Crippen LogP contribution in [0.3, 0.4) is 0 Å². The highest BCUT2D eigenvalue weighted by Gasteiger charge is 2.40. The number of rotatable bonds is 2. The number of nitrogens with zero attached hydrogens (tertiary/aromatic N) is 2. The smallest absolute Gasteiger partial charge is 0.0471 e. The number of nitrogens with one attached hydrogen (secondary N) is 2. The van der Waals surface area contributed by atoms with Crippen LogP contribution in [0.5, 0.6) is 0 Å². The number of likely N-dealkylation sites (tertiary alicyclic amines) is 2. The first-order valence-corrected chi connectivity index (χ1v) is 14.7. The van der Waals surface area contributed by atoms with Gasteiger partial charge in [-0.15, -0.1) is 0 Å². The fraction of sp³-hybridized carbons (Fsp3) is 0.515. The van der Waals surface area contributed by atoms with Crippen molar-refractivity contribution in [1.29, 1.82) is 0 Å². The number of fused-ring (bicyclic) bond motifs is 4. The van der Waals surface area contributed by atoms with E-state index in [0.717, 1.165) is 31.2 Å². The number of hydrogen-bond donors (Lipinski definition) is 3. The Kier molecular flexibility index (Phi) is 6.14. The molecule has 4 aliphatic rings. The second kappa shape index (κ2) is 9.55. The maximum absolute atomic E-state index is 9.52. The fourth-order valence-electron chi connectivity index (χ4n) is 8.54. The first-order chi connectivity index (χ1) is 18.6. The number of aliphatic hydroxyl groups excluding tert-OH is 1. The molecule has 38 heavy (non-hydrogen) atoms. The number of aliphatic hydroxyl groups is 1. The Hall–Kier alpha value is -2.60. The third-order valence-electron chi connectivity index (χ3n) is 10.5. The zero-order valence-electron chi connectivity index (χ0n) is 23.1. The van der Waals surface area contributed by atoms with E-state index < -0.39 is 0 Å². The van der Waals surface area contributed by atoms with Gasteiger partial charge >= 0.3 is 0 Å². The minimum Gasteiger partial charge on any atom is -0.396 e. The molecule has 0 amide bonds. The average molecular weight is 511 g/mol. The number of H-pyrrole nitrogens is 2. The molecule has 6 atom stereocenters. The lowest BCUT2D eigenvalue weighted by atomic mass is 9.72. The third-order valence-corrected chi connectivity index (χ3v) is 10.5. The average Bonchev–Trinajstić information content (AvgIpc) is 3.56. The molecule has 0 spiro atoms. The van der Waals surface area contributed by atoms with Gasteiger partial charge in [0.15, 0.2) is 0 Å². The van der Waals surface area contributed by atoms with Crippen LogP contribution < -0.4 is 0 Å². The quantitative estimate of drug-likeness (QED) is 0.326. The summed E-state index contributed by atoms with van der Waals surface area (Å²) < 4.78 is 0. The lowest BCUT2D eigenvalue weighted by Crippen LogP contribution is -2.48. The Balaban J connectivity index is 0.000000127. The molecule has 0 bridgehead atoms. The van der Waals surface area contributed by atoms with Crippen molar-refractivity contribution in [2.75, 3.05) is 33.8 Å².